The molecular formula is C10H13NO4. The van der Waals surface area contributed by atoms with E-state index in [2.05, 4.69) is 5.32 Å². The van der Waals surface area contributed by atoms with Crippen molar-refractivity contribution in [3.8, 4) is 0 Å². The van der Waals surface area contributed by atoms with Gasteiger partial charge in [0.2, 0.25) is 5.91 Å². The largest absolute Gasteiger partial charge is 0.323 e. The van der Waals surface area contributed by atoms with Gasteiger partial charge in [0.15, 0.2) is 17.3 Å². The molecule has 82 valence electrons. The number of carbonyl (C=O) groups is 4. The summed E-state index contributed by atoms with van der Waals surface area (Å²) in [5, 5.41) is 2.19. The average molecular weight is 211 g/mol. The summed E-state index contributed by atoms with van der Waals surface area (Å²) in [5.41, 5.74) is -0.500. The molecule has 5 heteroatoms. The molecule has 0 aromatic rings. The third-order valence-corrected chi connectivity index (χ3v) is 1.61. The number of Topliss-reactive ketones (excluding diaryl/α,β-unsaturated/α-hetero) is 3. The highest BCUT2D eigenvalue weighted by Crippen LogP contribution is 2.06. The minimum Gasteiger partial charge on any atom is -0.323 e. The summed E-state index contributed by atoms with van der Waals surface area (Å²) >= 11 is 0. The van der Waals surface area contributed by atoms with E-state index in [0.29, 0.717) is 0 Å². The molecule has 0 heterocycles. The number of hydrogen-bond donors (Lipinski definition) is 1. The monoisotopic (exact) mass is 211 g/mol. The van der Waals surface area contributed by atoms with Crippen LogP contribution in [0, 0.1) is 0 Å². The third-order valence-electron chi connectivity index (χ3n) is 1.61. The van der Waals surface area contributed by atoms with Gasteiger partial charge in [0.1, 0.15) is 0 Å². The molecule has 5 nitrogen and oxygen atoms in total. The Morgan fingerprint density at radius 3 is 1.33 bits per heavy atom. The number of amides is 1. The zero-order valence-corrected chi connectivity index (χ0v) is 9.13. The van der Waals surface area contributed by atoms with Gasteiger partial charge in [0, 0.05) is 13.8 Å². The van der Waals surface area contributed by atoms with Crippen LogP contribution < -0.4 is 5.32 Å². The predicted octanol–water partition coefficient (Wildman–Crippen LogP) is 0.144. The summed E-state index contributed by atoms with van der Waals surface area (Å²) in [7, 11) is 0. The molecule has 0 saturated carbocycles. The van der Waals surface area contributed by atoms with Crippen molar-refractivity contribution in [3.63, 3.8) is 0 Å². The van der Waals surface area contributed by atoms with Gasteiger partial charge in [-0.25, -0.2) is 0 Å². The van der Waals surface area contributed by atoms with Gasteiger partial charge in [-0.15, -0.1) is 0 Å². The van der Waals surface area contributed by atoms with Crippen LogP contribution in [-0.2, 0) is 19.2 Å². The lowest BCUT2D eigenvalue weighted by molar-refractivity contribution is -0.122. The van der Waals surface area contributed by atoms with E-state index >= 15 is 0 Å². The summed E-state index contributed by atoms with van der Waals surface area (Å²) in [6, 6.07) is 0. The number of hydrogen-bond acceptors (Lipinski definition) is 4. The van der Waals surface area contributed by atoms with Crippen molar-refractivity contribution in [2.45, 2.75) is 27.7 Å². The number of rotatable bonds is 4. The second-order valence-corrected chi connectivity index (χ2v) is 3.10. The molecule has 0 spiro atoms. The molecular weight excluding hydrogens is 198 g/mol. The van der Waals surface area contributed by atoms with Crippen molar-refractivity contribution >= 4 is 23.3 Å². The van der Waals surface area contributed by atoms with Crippen molar-refractivity contribution in [2.75, 3.05) is 0 Å². The Balaban J connectivity index is 5.56. The lowest BCUT2D eigenvalue weighted by atomic mass is 10.0. The molecule has 0 unspecified atom stereocenters. The van der Waals surface area contributed by atoms with Gasteiger partial charge in [-0.2, -0.15) is 0 Å². The summed E-state index contributed by atoms with van der Waals surface area (Å²) in [6.07, 6.45) is 0. The maximum absolute atomic E-state index is 11.2. The lowest BCUT2D eigenvalue weighted by Gasteiger charge is -2.08. The van der Waals surface area contributed by atoms with E-state index < -0.39 is 23.3 Å². The van der Waals surface area contributed by atoms with Crippen LogP contribution in [-0.4, -0.2) is 23.3 Å². The fourth-order valence-electron chi connectivity index (χ4n) is 1.10. The molecule has 0 aliphatic heterocycles. The molecule has 1 N–H and O–H groups in total. The zero-order chi connectivity index (χ0) is 12.2. The molecule has 15 heavy (non-hydrogen) atoms. The number of nitrogens with one attached hydrogen (secondary N) is 1. The van der Waals surface area contributed by atoms with Gasteiger partial charge in [-0.1, -0.05) is 0 Å². The van der Waals surface area contributed by atoms with Crippen LogP contribution in [0.5, 0.6) is 0 Å². The second kappa shape index (κ2) is 5.19. The highest BCUT2D eigenvalue weighted by atomic mass is 16.2. The second-order valence-electron chi connectivity index (χ2n) is 3.10. The van der Waals surface area contributed by atoms with Crippen molar-refractivity contribution < 1.29 is 19.2 Å². The lowest BCUT2D eigenvalue weighted by Crippen LogP contribution is -2.28. The fraction of sp³-hybridized carbons (Fsp3) is 0.400. The topological polar surface area (TPSA) is 80.3 Å². The smallest absolute Gasteiger partial charge is 0.221 e. The van der Waals surface area contributed by atoms with E-state index in [1.807, 2.05) is 0 Å². The first-order valence-corrected chi connectivity index (χ1v) is 4.32. The van der Waals surface area contributed by atoms with Crippen LogP contribution in [0.2, 0.25) is 0 Å². The predicted molar refractivity (Wildman–Crippen MR) is 52.9 cm³/mol. The first-order valence-electron chi connectivity index (χ1n) is 4.32. The van der Waals surface area contributed by atoms with Crippen LogP contribution in [0.1, 0.15) is 27.7 Å². The molecule has 0 rings (SSSR count). The standard InChI is InChI=1S/C10H13NO4/c1-5(12)9(6(2)13)10(7(3)14)11-8(4)15/h1-4H3,(H,11,15). The normalized spacial score (nSPS) is 9.07. The average Bonchev–Trinajstić information content (AvgIpc) is 2.00. The van der Waals surface area contributed by atoms with Gasteiger partial charge in [0.25, 0.3) is 0 Å². The van der Waals surface area contributed by atoms with Crippen molar-refractivity contribution in [3.05, 3.63) is 11.3 Å². The summed E-state index contributed by atoms with van der Waals surface area (Å²) in [5.74, 6) is -2.10. The van der Waals surface area contributed by atoms with Crippen LogP contribution in [0.3, 0.4) is 0 Å². The number of allylic oxidation sites excluding steroid dienone is 2. The minimum atomic E-state index is -0.540. The van der Waals surface area contributed by atoms with Gasteiger partial charge in [0.05, 0.1) is 11.3 Å². The Labute approximate surface area is 87.5 Å². The first-order chi connectivity index (χ1) is 6.77. The van der Waals surface area contributed by atoms with E-state index in [1.165, 1.54) is 27.7 Å². The highest BCUT2D eigenvalue weighted by Gasteiger charge is 2.20. The summed E-state index contributed by atoms with van der Waals surface area (Å²) in [6.45, 7) is 4.71. The molecule has 0 aromatic carbocycles. The van der Waals surface area contributed by atoms with Crippen LogP contribution in [0.15, 0.2) is 11.3 Å². The number of carbonyl (C=O) groups excluding carboxylic acids is 4. The van der Waals surface area contributed by atoms with E-state index in [9.17, 15) is 19.2 Å². The van der Waals surface area contributed by atoms with Crippen molar-refractivity contribution in [1.29, 1.82) is 0 Å². The van der Waals surface area contributed by atoms with Gasteiger partial charge < -0.3 is 5.32 Å². The molecule has 1 amide bonds. The molecule has 0 aromatic heterocycles. The maximum atomic E-state index is 11.2. The van der Waals surface area contributed by atoms with E-state index in [4.69, 9.17) is 0 Å². The molecule has 0 aliphatic rings. The Morgan fingerprint density at radius 2 is 1.13 bits per heavy atom. The number of ketones is 3. The molecule has 0 bridgehead atoms. The Kier molecular flexibility index (Phi) is 4.57. The van der Waals surface area contributed by atoms with Gasteiger partial charge in [-0.05, 0) is 13.8 Å². The molecule has 0 aliphatic carbocycles. The Bertz CT molecular complexity index is 350. The molecule has 0 fully saturated rings. The van der Waals surface area contributed by atoms with E-state index in [1.54, 1.807) is 0 Å². The van der Waals surface area contributed by atoms with Gasteiger partial charge >= 0.3 is 0 Å². The maximum Gasteiger partial charge on any atom is 0.221 e. The van der Waals surface area contributed by atoms with Crippen molar-refractivity contribution in [2.24, 2.45) is 0 Å². The fourth-order valence-corrected chi connectivity index (χ4v) is 1.10. The molecule has 0 saturated heterocycles. The van der Waals surface area contributed by atoms with E-state index in [-0.39, 0.29) is 11.3 Å². The Hall–Kier alpha value is -1.78. The van der Waals surface area contributed by atoms with Crippen LogP contribution in [0.25, 0.3) is 0 Å². The van der Waals surface area contributed by atoms with E-state index in [0.717, 1.165) is 0 Å². The summed E-state index contributed by atoms with van der Waals surface area (Å²) in [4.78, 5) is 44.2. The SMILES string of the molecule is CC(=O)NC(C(C)=O)=C(C(C)=O)C(C)=O. The third kappa shape index (κ3) is 3.84. The quantitative estimate of drug-likeness (QED) is 0.407. The van der Waals surface area contributed by atoms with Crippen LogP contribution >= 0.6 is 0 Å². The van der Waals surface area contributed by atoms with Crippen molar-refractivity contribution in [1.82, 2.24) is 5.32 Å². The minimum absolute atomic E-state index is 0.234. The van der Waals surface area contributed by atoms with Gasteiger partial charge in [-0.3, -0.25) is 19.2 Å². The Morgan fingerprint density at radius 1 is 0.733 bits per heavy atom. The molecule has 0 atom stereocenters. The zero-order valence-electron chi connectivity index (χ0n) is 9.13. The summed E-state index contributed by atoms with van der Waals surface area (Å²) < 4.78 is 0. The first kappa shape index (κ1) is 13.2. The van der Waals surface area contributed by atoms with Crippen LogP contribution in [0.4, 0.5) is 0 Å². The highest BCUT2D eigenvalue weighted by molar-refractivity contribution is 6.23. The molecule has 0 radical (unpaired) electrons.